The highest BCUT2D eigenvalue weighted by molar-refractivity contribution is 5.92. The first-order valence-electron chi connectivity index (χ1n) is 6.12. The van der Waals surface area contributed by atoms with Gasteiger partial charge in [0.05, 0.1) is 12.7 Å². The second-order valence-electron chi connectivity index (χ2n) is 5.08. The number of amides is 1. The van der Waals surface area contributed by atoms with Crippen LogP contribution in [0.25, 0.3) is 6.08 Å². The number of methoxy groups -OCH3 is 1. The van der Waals surface area contributed by atoms with Gasteiger partial charge in [0.15, 0.2) is 0 Å². The average molecular weight is 263 g/mol. The first-order chi connectivity index (χ1) is 8.83. The van der Waals surface area contributed by atoms with E-state index < -0.39 is 5.60 Å². The van der Waals surface area contributed by atoms with Crippen LogP contribution in [0.4, 0.5) is 0 Å². The minimum absolute atomic E-state index is 0.159. The molecule has 1 aromatic carbocycles. The summed E-state index contributed by atoms with van der Waals surface area (Å²) in [5.41, 5.74) is -0.0575. The molecule has 0 spiro atoms. The highest BCUT2D eigenvalue weighted by Crippen LogP contribution is 2.18. The summed E-state index contributed by atoms with van der Waals surface area (Å²) in [6, 6.07) is 7.47. The Hall–Kier alpha value is -1.81. The Balaban J connectivity index is 2.73. The van der Waals surface area contributed by atoms with E-state index in [1.54, 1.807) is 34.1 Å². The van der Waals surface area contributed by atoms with Gasteiger partial charge in [-0.15, -0.1) is 0 Å². The number of hydrogen-bond acceptors (Lipinski definition) is 3. The van der Waals surface area contributed by atoms with Crippen LogP contribution in [0, 0.1) is 0 Å². The lowest BCUT2D eigenvalue weighted by molar-refractivity contribution is -0.127. The fraction of sp³-hybridized carbons (Fsp3) is 0.400. The summed E-state index contributed by atoms with van der Waals surface area (Å²) in [5, 5.41) is 9.67. The molecule has 4 heteroatoms. The monoisotopic (exact) mass is 263 g/mol. The van der Waals surface area contributed by atoms with Gasteiger partial charge in [0.25, 0.3) is 0 Å². The number of carbonyl (C=O) groups is 1. The molecule has 0 aliphatic rings. The maximum atomic E-state index is 11.9. The quantitative estimate of drug-likeness (QED) is 0.826. The fourth-order valence-electron chi connectivity index (χ4n) is 1.75. The number of nitrogens with zero attached hydrogens (tertiary/aromatic N) is 1. The van der Waals surface area contributed by atoms with Crippen molar-refractivity contribution in [1.82, 2.24) is 4.90 Å². The molecule has 0 saturated carbocycles. The number of hydrogen-bond donors (Lipinski definition) is 1. The molecule has 19 heavy (non-hydrogen) atoms. The summed E-state index contributed by atoms with van der Waals surface area (Å²) in [5.74, 6) is 0.560. The van der Waals surface area contributed by atoms with Gasteiger partial charge in [-0.2, -0.15) is 0 Å². The van der Waals surface area contributed by atoms with E-state index >= 15 is 0 Å². The second-order valence-corrected chi connectivity index (χ2v) is 5.08. The molecule has 0 aromatic heterocycles. The van der Waals surface area contributed by atoms with E-state index in [0.717, 1.165) is 11.3 Å². The van der Waals surface area contributed by atoms with E-state index in [0.29, 0.717) is 0 Å². The normalized spacial score (nSPS) is 11.6. The van der Waals surface area contributed by atoms with Crippen LogP contribution in [-0.4, -0.2) is 42.2 Å². The van der Waals surface area contributed by atoms with Gasteiger partial charge in [-0.1, -0.05) is 18.2 Å². The number of ether oxygens (including phenoxy) is 1. The maximum absolute atomic E-state index is 11.9. The maximum Gasteiger partial charge on any atom is 0.246 e. The van der Waals surface area contributed by atoms with Gasteiger partial charge in [0, 0.05) is 25.2 Å². The molecule has 1 N–H and O–H groups in total. The van der Waals surface area contributed by atoms with Gasteiger partial charge in [-0.3, -0.25) is 4.79 Å². The van der Waals surface area contributed by atoms with Gasteiger partial charge in [0.2, 0.25) is 5.91 Å². The number of aliphatic hydroxyl groups is 1. The number of likely N-dealkylation sites (N-methyl/N-ethyl adjacent to an activating group) is 1. The summed E-state index contributed by atoms with van der Waals surface area (Å²) >= 11 is 0. The van der Waals surface area contributed by atoms with Crippen molar-refractivity contribution in [2.45, 2.75) is 19.4 Å². The SMILES string of the molecule is COc1ccccc1/C=C/C(=O)N(C)CC(C)(C)O. The van der Waals surface area contributed by atoms with E-state index in [4.69, 9.17) is 4.74 Å². The summed E-state index contributed by atoms with van der Waals surface area (Å²) < 4.78 is 5.20. The predicted octanol–water partition coefficient (Wildman–Crippen LogP) is 1.94. The zero-order valence-corrected chi connectivity index (χ0v) is 11.9. The minimum atomic E-state index is -0.900. The largest absolute Gasteiger partial charge is 0.496 e. The predicted molar refractivity (Wildman–Crippen MR) is 76.0 cm³/mol. The smallest absolute Gasteiger partial charge is 0.246 e. The molecule has 0 saturated heterocycles. The first-order valence-corrected chi connectivity index (χ1v) is 6.12. The van der Waals surface area contributed by atoms with Crippen molar-refractivity contribution >= 4 is 12.0 Å². The van der Waals surface area contributed by atoms with E-state index in [-0.39, 0.29) is 12.5 Å². The van der Waals surface area contributed by atoms with Crippen LogP contribution >= 0.6 is 0 Å². The molecule has 0 fully saturated rings. The molecule has 0 heterocycles. The summed E-state index contributed by atoms with van der Waals surface area (Å²) in [4.78, 5) is 13.4. The Kier molecular flexibility index (Phi) is 5.12. The molecular formula is C15H21NO3. The van der Waals surface area contributed by atoms with Crippen LogP contribution in [0.2, 0.25) is 0 Å². The summed E-state index contributed by atoms with van der Waals surface area (Å²) in [6.45, 7) is 3.61. The summed E-state index contributed by atoms with van der Waals surface area (Å²) in [7, 11) is 3.25. The lowest BCUT2D eigenvalue weighted by Crippen LogP contribution is -2.38. The van der Waals surface area contributed by atoms with E-state index in [1.807, 2.05) is 24.3 Å². The molecule has 0 aliphatic carbocycles. The van der Waals surface area contributed by atoms with E-state index in [9.17, 15) is 9.90 Å². The number of rotatable bonds is 5. The zero-order valence-electron chi connectivity index (χ0n) is 11.9. The summed E-state index contributed by atoms with van der Waals surface area (Å²) in [6.07, 6.45) is 3.19. The molecule has 0 unspecified atom stereocenters. The second kappa shape index (κ2) is 6.38. The van der Waals surface area contributed by atoms with E-state index in [2.05, 4.69) is 0 Å². The Morgan fingerprint density at radius 2 is 2.05 bits per heavy atom. The molecule has 0 radical (unpaired) electrons. The number of benzene rings is 1. The van der Waals surface area contributed by atoms with Crippen LogP contribution in [0.5, 0.6) is 5.75 Å². The van der Waals surface area contributed by atoms with Crippen molar-refractivity contribution in [3.63, 3.8) is 0 Å². The molecule has 0 atom stereocenters. The van der Waals surface area contributed by atoms with Crippen molar-refractivity contribution in [3.05, 3.63) is 35.9 Å². The standard InChI is InChI=1S/C15H21NO3/c1-15(2,18)11-16(3)14(17)10-9-12-7-5-6-8-13(12)19-4/h5-10,18H,11H2,1-4H3/b10-9+. The van der Waals surface area contributed by atoms with E-state index in [1.165, 1.54) is 11.0 Å². The molecule has 0 aliphatic heterocycles. The Morgan fingerprint density at radius 3 is 2.63 bits per heavy atom. The van der Waals surface area contributed by atoms with Gasteiger partial charge < -0.3 is 14.7 Å². The van der Waals surface area contributed by atoms with Crippen molar-refractivity contribution in [1.29, 1.82) is 0 Å². The Morgan fingerprint density at radius 1 is 1.42 bits per heavy atom. The molecule has 1 rings (SSSR count). The van der Waals surface area contributed by atoms with Gasteiger partial charge in [0.1, 0.15) is 5.75 Å². The third kappa shape index (κ3) is 5.14. The third-order valence-electron chi connectivity index (χ3n) is 2.54. The topological polar surface area (TPSA) is 49.8 Å². The van der Waals surface area contributed by atoms with Gasteiger partial charge in [-0.25, -0.2) is 0 Å². The van der Waals surface area contributed by atoms with Crippen LogP contribution in [0.1, 0.15) is 19.4 Å². The average Bonchev–Trinajstić information content (AvgIpc) is 2.34. The molecule has 104 valence electrons. The highest BCUT2D eigenvalue weighted by Gasteiger charge is 2.17. The number of carbonyl (C=O) groups excluding carboxylic acids is 1. The lowest BCUT2D eigenvalue weighted by atomic mass is 10.1. The van der Waals surface area contributed by atoms with Crippen molar-refractivity contribution < 1.29 is 14.6 Å². The molecule has 4 nitrogen and oxygen atoms in total. The molecule has 1 aromatic rings. The van der Waals surface area contributed by atoms with Crippen molar-refractivity contribution in [2.75, 3.05) is 20.7 Å². The highest BCUT2D eigenvalue weighted by atomic mass is 16.5. The lowest BCUT2D eigenvalue weighted by Gasteiger charge is -2.24. The fourth-order valence-corrected chi connectivity index (χ4v) is 1.75. The zero-order chi connectivity index (χ0) is 14.5. The van der Waals surface area contributed by atoms with Crippen LogP contribution < -0.4 is 4.74 Å². The Bertz CT molecular complexity index is 461. The van der Waals surface area contributed by atoms with Gasteiger partial charge >= 0.3 is 0 Å². The molecular weight excluding hydrogens is 242 g/mol. The van der Waals surface area contributed by atoms with Crippen molar-refractivity contribution in [2.24, 2.45) is 0 Å². The number of para-hydroxylation sites is 1. The minimum Gasteiger partial charge on any atom is -0.496 e. The first kappa shape index (κ1) is 15.2. The Labute approximate surface area is 114 Å². The van der Waals surface area contributed by atoms with Crippen LogP contribution in [0.15, 0.2) is 30.3 Å². The van der Waals surface area contributed by atoms with Crippen LogP contribution in [-0.2, 0) is 4.79 Å². The van der Waals surface area contributed by atoms with Crippen LogP contribution in [0.3, 0.4) is 0 Å². The molecule has 1 amide bonds. The van der Waals surface area contributed by atoms with Crippen molar-refractivity contribution in [3.8, 4) is 5.75 Å². The molecule has 0 bridgehead atoms. The third-order valence-corrected chi connectivity index (χ3v) is 2.54. The van der Waals surface area contributed by atoms with Gasteiger partial charge in [-0.05, 0) is 26.0 Å².